The van der Waals surface area contributed by atoms with E-state index in [0.29, 0.717) is 19.3 Å². The summed E-state index contributed by atoms with van der Waals surface area (Å²) in [5.41, 5.74) is 0. The summed E-state index contributed by atoms with van der Waals surface area (Å²) in [6, 6.07) is 0. The van der Waals surface area contributed by atoms with Gasteiger partial charge >= 0.3 is 17.9 Å². The van der Waals surface area contributed by atoms with Gasteiger partial charge in [0.2, 0.25) is 0 Å². The molecule has 0 fully saturated rings. The molecule has 0 aromatic rings. The molecule has 426 valence electrons. The van der Waals surface area contributed by atoms with Crippen molar-refractivity contribution in [1.82, 2.24) is 0 Å². The molecule has 0 heterocycles. The Balaban J connectivity index is 4.20. The lowest BCUT2D eigenvalue weighted by Crippen LogP contribution is -2.30. The van der Waals surface area contributed by atoms with E-state index in [1.54, 1.807) is 0 Å². The molecule has 6 nitrogen and oxygen atoms in total. The Bertz CT molecular complexity index is 1570. The van der Waals surface area contributed by atoms with Crippen LogP contribution in [0, 0.1) is 0 Å². The maximum absolute atomic E-state index is 12.9. The predicted octanol–water partition coefficient (Wildman–Crippen LogP) is 21.2. The SMILES string of the molecule is CC/C=C\C/C=C\C/C=C\C/C=C\C/C=C\CCCCCCCCCCCC(=O)OCC(COC(=O)CCCCCCCCC)OC(=O)CCCCCCCCCCC/C=C\C/C=C\C/C=C\C/C=C\C/C=C\CC. The normalized spacial score (nSPS) is 12.9. The molecule has 0 aromatic heterocycles. The van der Waals surface area contributed by atoms with Crippen LogP contribution in [0.15, 0.2) is 122 Å². The van der Waals surface area contributed by atoms with Crippen molar-refractivity contribution in [2.75, 3.05) is 13.2 Å². The predicted molar refractivity (Wildman–Crippen MR) is 325 cm³/mol. The molecule has 1 atom stereocenters. The average Bonchev–Trinajstić information content (AvgIpc) is 3.41. The van der Waals surface area contributed by atoms with Gasteiger partial charge in [-0.25, -0.2) is 0 Å². The van der Waals surface area contributed by atoms with E-state index in [2.05, 4.69) is 142 Å². The van der Waals surface area contributed by atoms with E-state index in [-0.39, 0.29) is 31.1 Å². The summed E-state index contributed by atoms with van der Waals surface area (Å²) >= 11 is 0. The molecule has 0 radical (unpaired) electrons. The number of ether oxygens (including phenoxy) is 3. The monoisotopic (exact) mass is 1040 g/mol. The highest BCUT2D eigenvalue weighted by Crippen LogP contribution is 2.15. The molecule has 0 bridgehead atoms. The molecule has 1 unspecified atom stereocenters. The van der Waals surface area contributed by atoms with Crippen LogP contribution in [0.3, 0.4) is 0 Å². The summed E-state index contributed by atoms with van der Waals surface area (Å²) < 4.78 is 16.8. The van der Waals surface area contributed by atoms with Crippen LogP contribution in [0.2, 0.25) is 0 Å². The van der Waals surface area contributed by atoms with Gasteiger partial charge in [-0.1, -0.05) is 271 Å². The zero-order valence-electron chi connectivity index (χ0n) is 48.8. The maximum atomic E-state index is 12.9. The Labute approximate surface area is 462 Å². The molecule has 0 rings (SSSR count). The third-order valence-electron chi connectivity index (χ3n) is 13.0. The first kappa shape index (κ1) is 70.8. The van der Waals surface area contributed by atoms with Crippen molar-refractivity contribution in [1.29, 1.82) is 0 Å². The van der Waals surface area contributed by atoms with Crippen LogP contribution in [-0.2, 0) is 28.6 Å². The molecular weight excluding hydrogens is 925 g/mol. The largest absolute Gasteiger partial charge is 0.462 e. The van der Waals surface area contributed by atoms with Crippen LogP contribution in [-0.4, -0.2) is 37.2 Å². The molecule has 0 aliphatic carbocycles. The molecule has 6 heteroatoms. The van der Waals surface area contributed by atoms with E-state index in [9.17, 15) is 14.4 Å². The van der Waals surface area contributed by atoms with Crippen LogP contribution in [0.25, 0.3) is 0 Å². The topological polar surface area (TPSA) is 78.9 Å². The van der Waals surface area contributed by atoms with Crippen LogP contribution >= 0.6 is 0 Å². The summed E-state index contributed by atoms with van der Waals surface area (Å²) in [6.45, 7) is 6.37. The minimum absolute atomic E-state index is 0.0833. The minimum Gasteiger partial charge on any atom is -0.462 e. The van der Waals surface area contributed by atoms with E-state index in [0.717, 1.165) is 135 Å². The number of hydrogen-bond acceptors (Lipinski definition) is 6. The van der Waals surface area contributed by atoms with Crippen molar-refractivity contribution >= 4 is 17.9 Å². The zero-order valence-corrected chi connectivity index (χ0v) is 48.8. The van der Waals surface area contributed by atoms with E-state index in [1.807, 2.05) is 0 Å². The van der Waals surface area contributed by atoms with Gasteiger partial charge in [-0.05, 0) is 109 Å². The third kappa shape index (κ3) is 60.6. The molecule has 0 N–H and O–H groups in total. The number of carbonyl (C=O) groups excluding carboxylic acids is 3. The van der Waals surface area contributed by atoms with Gasteiger partial charge in [0.05, 0.1) is 0 Å². The van der Waals surface area contributed by atoms with Gasteiger partial charge in [0.15, 0.2) is 6.10 Å². The Morgan fingerprint density at radius 2 is 0.520 bits per heavy atom. The van der Waals surface area contributed by atoms with Gasteiger partial charge in [-0.2, -0.15) is 0 Å². The number of unbranched alkanes of at least 4 members (excludes halogenated alkanes) is 24. The summed E-state index contributed by atoms with van der Waals surface area (Å²) in [5.74, 6) is -0.900. The second-order valence-electron chi connectivity index (χ2n) is 20.2. The zero-order chi connectivity index (χ0) is 54.3. The highest BCUT2D eigenvalue weighted by Gasteiger charge is 2.19. The minimum atomic E-state index is -0.785. The van der Waals surface area contributed by atoms with Gasteiger partial charge in [0, 0.05) is 19.3 Å². The van der Waals surface area contributed by atoms with Crippen molar-refractivity contribution in [2.45, 2.75) is 284 Å². The van der Waals surface area contributed by atoms with Crippen LogP contribution in [0.4, 0.5) is 0 Å². The van der Waals surface area contributed by atoms with Crippen molar-refractivity contribution < 1.29 is 28.6 Å². The smallest absolute Gasteiger partial charge is 0.306 e. The fourth-order valence-electron chi connectivity index (χ4n) is 8.38. The maximum Gasteiger partial charge on any atom is 0.306 e. The van der Waals surface area contributed by atoms with Crippen molar-refractivity contribution in [2.24, 2.45) is 0 Å². The fraction of sp³-hybridized carbons (Fsp3) is 0.667. The van der Waals surface area contributed by atoms with Gasteiger partial charge in [-0.3, -0.25) is 14.4 Å². The van der Waals surface area contributed by atoms with Gasteiger partial charge < -0.3 is 14.2 Å². The van der Waals surface area contributed by atoms with Crippen molar-refractivity contribution in [3.63, 3.8) is 0 Å². The van der Waals surface area contributed by atoms with Crippen molar-refractivity contribution in [3.05, 3.63) is 122 Å². The molecule has 0 aromatic carbocycles. The van der Waals surface area contributed by atoms with Gasteiger partial charge in [0.25, 0.3) is 0 Å². The Morgan fingerprint density at radius 3 is 0.813 bits per heavy atom. The molecule has 0 spiro atoms. The van der Waals surface area contributed by atoms with E-state index >= 15 is 0 Å². The summed E-state index contributed by atoms with van der Waals surface area (Å²) in [7, 11) is 0. The average molecular weight is 1040 g/mol. The number of esters is 3. The Morgan fingerprint density at radius 1 is 0.280 bits per heavy atom. The molecule has 0 amide bonds. The molecule has 0 saturated heterocycles. The van der Waals surface area contributed by atoms with E-state index < -0.39 is 6.10 Å². The molecule has 75 heavy (non-hydrogen) atoms. The van der Waals surface area contributed by atoms with Crippen molar-refractivity contribution in [3.8, 4) is 0 Å². The first-order chi connectivity index (χ1) is 37.0. The van der Waals surface area contributed by atoms with Crippen LogP contribution < -0.4 is 0 Å². The summed E-state index contributed by atoms with van der Waals surface area (Å²) in [6.07, 6.45) is 86.5. The number of hydrogen-bond donors (Lipinski definition) is 0. The van der Waals surface area contributed by atoms with Crippen LogP contribution in [0.5, 0.6) is 0 Å². The standard InChI is InChI=1S/C69H114O6/c1-4-7-10-13-16-18-20-22-24-26-28-30-32-34-36-38-40-42-44-46-48-50-53-56-59-62-68(71)74-65-66(64-73-67(70)61-58-55-52-15-12-9-6-3)75-69(72)63-60-57-54-51-49-47-45-43-41-39-37-35-33-31-29-27-25-23-21-19-17-14-11-8-5-2/h7-8,10-11,16-19,22-25,28-31,34-37,66H,4-6,9,12-15,20-21,26-27,32-33,38-65H2,1-3H3/b10-7-,11-8-,18-16-,19-17-,24-22-,25-23-,30-28-,31-29-,36-34-,37-35-. The lowest BCUT2D eigenvalue weighted by molar-refractivity contribution is -0.167. The summed E-state index contributed by atoms with van der Waals surface area (Å²) in [5, 5.41) is 0. The second-order valence-corrected chi connectivity index (χ2v) is 20.2. The van der Waals surface area contributed by atoms with Gasteiger partial charge in [-0.15, -0.1) is 0 Å². The Kier molecular flexibility index (Phi) is 58.9. The fourth-order valence-corrected chi connectivity index (χ4v) is 8.38. The van der Waals surface area contributed by atoms with E-state index in [1.165, 1.54) is 103 Å². The Hall–Kier alpha value is -4.19. The lowest BCUT2D eigenvalue weighted by Gasteiger charge is -2.18. The quantitative estimate of drug-likeness (QED) is 0.0261. The van der Waals surface area contributed by atoms with E-state index in [4.69, 9.17) is 14.2 Å². The third-order valence-corrected chi connectivity index (χ3v) is 13.0. The first-order valence-electron chi connectivity index (χ1n) is 31.0. The molecule has 0 aliphatic heterocycles. The molecule has 0 saturated carbocycles. The number of carbonyl (C=O) groups is 3. The van der Waals surface area contributed by atoms with Gasteiger partial charge in [0.1, 0.15) is 13.2 Å². The first-order valence-corrected chi connectivity index (χ1v) is 31.0. The number of rotatable bonds is 55. The highest BCUT2D eigenvalue weighted by molar-refractivity contribution is 5.71. The number of allylic oxidation sites excluding steroid dienone is 20. The summed E-state index contributed by atoms with van der Waals surface area (Å²) in [4.78, 5) is 38.1. The van der Waals surface area contributed by atoms with Crippen LogP contribution in [0.1, 0.15) is 278 Å². The lowest BCUT2D eigenvalue weighted by atomic mass is 10.1. The second kappa shape index (κ2) is 62.4. The molecular formula is C69H114O6. The highest BCUT2D eigenvalue weighted by atomic mass is 16.6. The molecule has 0 aliphatic rings.